The molecule has 1 atom stereocenters. The Morgan fingerprint density at radius 2 is 2.03 bits per heavy atom. The Labute approximate surface area is 187 Å². The molecule has 0 saturated heterocycles. The molecule has 0 aliphatic heterocycles. The quantitative estimate of drug-likeness (QED) is 0.409. The van der Waals surface area contributed by atoms with E-state index in [0.29, 0.717) is 21.8 Å². The molecule has 0 unspecified atom stereocenters. The maximum atomic E-state index is 15.1. The first kappa shape index (κ1) is 21.8. The molecule has 0 saturated carbocycles. The van der Waals surface area contributed by atoms with Crippen LogP contribution in [0.15, 0.2) is 54.9 Å². The first-order valence-electron chi connectivity index (χ1n) is 9.78. The highest BCUT2D eigenvalue weighted by Gasteiger charge is 2.25. The van der Waals surface area contributed by atoms with Crippen molar-refractivity contribution in [1.29, 1.82) is 0 Å². The molecule has 0 aliphatic rings. The number of halogens is 3. The van der Waals surface area contributed by atoms with E-state index in [1.54, 1.807) is 36.5 Å². The van der Waals surface area contributed by atoms with Crippen LogP contribution in [-0.2, 0) is 0 Å². The van der Waals surface area contributed by atoms with E-state index in [-0.39, 0.29) is 37.2 Å². The number of anilines is 1. The first-order valence-corrected chi connectivity index (χ1v) is 10.2. The van der Waals surface area contributed by atoms with Gasteiger partial charge in [-0.1, -0.05) is 23.7 Å². The molecule has 4 rings (SSSR count). The minimum Gasteiger partial charge on any atom is -0.490 e. The minimum atomic E-state index is -1.71. The highest BCUT2D eigenvalue weighted by atomic mass is 35.5. The lowest BCUT2D eigenvalue weighted by Crippen LogP contribution is -2.29. The molecule has 3 heterocycles. The van der Waals surface area contributed by atoms with Crippen LogP contribution in [-0.4, -0.2) is 38.5 Å². The van der Waals surface area contributed by atoms with Gasteiger partial charge in [-0.3, -0.25) is 0 Å². The van der Waals surface area contributed by atoms with Gasteiger partial charge in [-0.2, -0.15) is 4.98 Å². The molecule has 32 heavy (non-hydrogen) atoms. The number of aromatic nitrogens is 4. The summed E-state index contributed by atoms with van der Waals surface area (Å²) in [5, 5.41) is 4.44. The molecular formula is C22H20ClF2N5O2. The van der Waals surface area contributed by atoms with Crippen molar-refractivity contribution >= 4 is 23.2 Å². The van der Waals surface area contributed by atoms with Gasteiger partial charge in [0.05, 0.1) is 6.61 Å². The Morgan fingerprint density at radius 1 is 1.19 bits per heavy atom. The minimum absolute atomic E-state index is 0.0117. The van der Waals surface area contributed by atoms with Crippen LogP contribution in [0.5, 0.6) is 11.6 Å². The highest BCUT2D eigenvalue weighted by molar-refractivity contribution is 6.30. The molecular weight excluding hydrogens is 440 g/mol. The Bertz CT molecular complexity index is 1250. The van der Waals surface area contributed by atoms with Gasteiger partial charge >= 0.3 is 0 Å². The van der Waals surface area contributed by atoms with E-state index in [0.717, 1.165) is 0 Å². The third-order valence-electron chi connectivity index (χ3n) is 4.73. The topological polar surface area (TPSA) is 87.6 Å². The van der Waals surface area contributed by atoms with E-state index >= 15 is 4.39 Å². The molecule has 166 valence electrons. The van der Waals surface area contributed by atoms with Gasteiger partial charge in [0.2, 0.25) is 11.8 Å². The summed E-state index contributed by atoms with van der Waals surface area (Å²) in [5.41, 5.74) is 5.29. The molecule has 0 radical (unpaired) electrons. The van der Waals surface area contributed by atoms with E-state index in [1.807, 2.05) is 0 Å². The average Bonchev–Trinajstić information content (AvgIpc) is 3.13. The third-order valence-corrected chi connectivity index (χ3v) is 4.96. The van der Waals surface area contributed by atoms with Crippen molar-refractivity contribution in [1.82, 2.24) is 19.6 Å². The smallest absolute Gasteiger partial charge is 0.240 e. The molecule has 0 aliphatic carbocycles. The Kier molecular flexibility index (Phi) is 6.09. The molecule has 7 nitrogen and oxygen atoms in total. The largest absolute Gasteiger partial charge is 0.490 e. The Hall–Kier alpha value is -3.46. The second-order valence-electron chi connectivity index (χ2n) is 7.42. The monoisotopic (exact) mass is 459 g/mol. The van der Waals surface area contributed by atoms with Crippen LogP contribution in [0.1, 0.15) is 13.3 Å². The number of ether oxygens (including phenoxy) is 2. The summed E-state index contributed by atoms with van der Waals surface area (Å²) in [6, 6.07) is 11.2. The van der Waals surface area contributed by atoms with Crippen LogP contribution in [0, 0.1) is 5.82 Å². The standard InChI is InChI=1S/C22H20ClF2N5O2/c1-22(25,13-32-19-12-15(23)5-8-27-19)7-10-31-17-4-2-3-16(20(17)24)14-6-9-30-18(11-14)28-21(26)29-30/h2-6,8-9,11-12H,7,10,13H2,1H3,(H2,26,29)/t22-/m0/s1. The summed E-state index contributed by atoms with van der Waals surface area (Å²) in [6.45, 7) is 1.10. The van der Waals surface area contributed by atoms with Crippen LogP contribution >= 0.6 is 11.6 Å². The number of rotatable bonds is 8. The lowest BCUT2D eigenvalue weighted by Gasteiger charge is -2.21. The molecule has 2 N–H and O–H groups in total. The maximum absolute atomic E-state index is 15.1. The van der Waals surface area contributed by atoms with Crippen molar-refractivity contribution in [2.45, 2.75) is 19.0 Å². The first-order chi connectivity index (χ1) is 15.3. The van der Waals surface area contributed by atoms with Gasteiger partial charge in [0.15, 0.2) is 17.2 Å². The van der Waals surface area contributed by atoms with Crippen LogP contribution in [0.25, 0.3) is 16.8 Å². The number of pyridine rings is 2. The van der Waals surface area contributed by atoms with Gasteiger partial charge in [0.1, 0.15) is 12.3 Å². The van der Waals surface area contributed by atoms with Gasteiger partial charge in [0, 0.05) is 35.5 Å². The summed E-state index contributed by atoms with van der Waals surface area (Å²) >= 11 is 5.87. The number of alkyl halides is 1. The van der Waals surface area contributed by atoms with Gasteiger partial charge in [0.25, 0.3) is 0 Å². The van der Waals surface area contributed by atoms with Crippen molar-refractivity contribution < 1.29 is 18.3 Å². The second-order valence-corrected chi connectivity index (χ2v) is 7.86. The average molecular weight is 460 g/mol. The zero-order valence-corrected chi connectivity index (χ0v) is 17.9. The molecule has 10 heteroatoms. The molecule has 0 spiro atoms. The number of benzene rings is 1. The molecule has 3 aromatic heterocycles. The van der Waals surface area contributed by atoms with Crippen LogP contribution < -0.4 is 15.2 Å². The molecule has 1 aromatic carbocycles. The SMILES string of the molecule is C[C@](F)(CCOc1cccc(-c2ccn3nc(N)nc3c2)c1F)COc1cc(Cl)ccn1. The van der Waals surface area contributed by atoms with E-state index in [1.165, 1.54) is 29.8 Å². The fraction of sp³-hybridized carbons (Fsp3) is 0.227. The lowest BCUT2D eigenvalue weighted by molar-refractivity contribution is 0.0744. The van der Waals surface area contributed by atoms with Crippen molar-refractivity contribution in [3.05, 3.63) is 65.7 Å². The lowest BCUT2D eigenvalue weighted by atomic mass is 10.1. The molecule has 0 bridgehead atoms. The number of nitrogen functional groups attached to an aromatic ring is 1. The molecule has 4 aromatic rings. The van der Waals surface area contributed by atoms with E-state index in [4.69, 9.17) is 26.8 Å². The van der Waals surface area contributed by atoms with E-state index < -0.39 is 11.5 Å². The normalized spacial score (nSPS) is 13.1. The summed E-state index contributed by atoms with van der Waals surface area (Å²) in [4.78, 5) is 8.05. The second kappa shape index (κ2) is 8.96. The van der Waals surface area contributed by atoms with E-state index in [2.05, 4.69) is 15.1 Å². The van der Waals surface area contributed by atoms with Crippen LogP contribution in [0.3, 0.4) is 0 Å². The third kappa shape index (κ3) is 5.05. The fourth-order valence-electron chi connectivity index (χ4n) is 3.05. The summed E-state index contributed by atoms with van der Waals surface area (Å²) in [5.74, 6) is -0.169. The van der Waals surface area contributed by atoms with Crippen LogP contribution in [0.2, 0.25) is 5.02 Å². The number of fused-ring (bicyclic) bond motifs is 1. The molecule has 0 fully saturated rings. The summed E-state index contributed by atoms with van der Waals surface area (Å²) < 4.78 is 42.3. The Balaban J connectivity index is 1.40. The zero-order valence-electron chi connectivity index (χ0n) is 17.1. The predicted octanol–water partition coefficient (Wildman–Crippen LogP) is 4.74. The number of hydrogen-bond acceptors (Lipinski definition) is 6. The summed E-state index contributed by atoms with van der Waals surface area (Å²) in [7, 11) is 0. The highest BCUT2D eigenvalue weighted by Crippen LogP contribution is 2.30. The van der Waals surface area contributed by atoms with Gasteiger partial charge < -0.3 is 15.2 Å². The van der Waals surface area contributed by atoms with Crippen LogP contribution in [0.4, 0.5) is 14.7 Å². The number of nitrogens with two attached hydrogens (primary N) is 1. The predicted molar refractivity (Wildman–Crippen MR) is 117 cm³/mol. The Morgan fingerprint density at radius 3 is 2.84 bits per heavy atom. The van der Waals surface area contributed by atoms with Gasteiger partial charge in [-0.25, -0.2) is 18.3 Å². The zero-order chi connectivity index (χ0) is 22.7. The van der Waals surface area contributed by atoms with Gasteiger partial charge in [-0.05, 0) is 36.8 Å². The number of hydrogen-bond donors (Lipinski definition) is 1. The summed E-state index contributed by atoms with van der Waals surface area (Å²) in [6.07, 6.45) is 3.11. The van der Waals surface area contributed by atoms with Gasteiger partial charge in [-0.15, -0.1) is 5.10 Å². The molecule has 0 amide bonds. The maximum Gasteiger partial charge on any atom is 0.240 e. The van der Waals surface area contributed by atoms with Crippen molar-refractivity contribution in [3.8, 4) is 22.8 Å². The van der Waals surface area contributed by atoms with E-state index in [9.17, 15) is 4.39 Å². The number of nitrogens with zero attached hydrogens (tertiary/aromatic N) is 4. The van der Waals surface area contributed by atoms with Crippen molar-refractivity contribution in [3.63, 3.8) is 0 Å². The fourth-order valence-corrected chi connectivity index (χ4v) is 3.20. The van der Waals surface area contributed by atoms with Crippen molar-refractivity contribution in [2.75, 3.05) is 18.9 Å². The van der Waals surface area contributed by atoms with Crippen molar-refractivity contribution in [2.24, 2.45) is 0 Å².